The number of nitrogens with one attached hydrogen (secondary N) is 1. The molecule has 1 aromatic carbocycles. The SMILES string of the molecule is CS(=O)(=O)N1CC(C(=O)NC2CC3CCC2C3)Oc2ccc(Cl)cc21. The number of ether oxygens (including phenoxy) is 1. The third kappa shape index (κ3) is 3.19. The van der Waals surface area contributed by atoms with Crippen LogP contribution in [0.4, 0.5) is 5.69 Å². The second kappa shape index (κ2) is 6.06. The molecule has 0 aromatic heterocycles. The fraction of sp³-hybridized carbons (Fsp3) is 0.588. The fourth-order valence-electron chi connectivity index (χ4n) is 4.37. The number of halogens is 1. The Bertz CT molecular complexity index is 813. The first-order chi connectivity index (χ1) is 11.8. The Morgan fingerprint density at radius 2 is 2.12 bits per heavy atom. The molecule has 136 valence electrons. The highest BCUT2D eigenvalue weighted by Crippen LogP contribution is 2.44. The van der Waals surface area contributed by atoms with Crippen molar-refractivity contribution in [3.8, 4) is 5.75 Å². The van der Waals surface area contributed by atoms with Gasteiger partial charge in [0.15, 0.2) is 6.10 Å². The van der Waals surface area contributed by atoms with Crippen molar-refractivity contribution in [2.75, 3.05) is 17.1 Å². The molecule has 1 amide bonds. The predicted molar refractivity (Wildman–Crippen MR) is 95.4 cm³/mol. The Morgan fingerprint density at radius 3 is 2.76 bits per heavy atom. The Kier molecular flexibility index (Phi) is 4.11. The summed E-state index contributed by atoms with van der Waals surface area (Å²) in [5.41, 5.74) is 0.374. The average molecular weight is 385 g/mol. The fourth-order valence-corrected chi connectivity index (χ4v) is 5.44. The van der Waals surface area contributed by atoms with Gasteiger partial charge in [-0.15, -0.1) is 0 Å². The van der Waals surface area contributed by atoms with E-state index in [1.54, 1.807) is 18.2 Å². The second-order valence-corrected chi connectivity index (χ2v) is 9.65. The maximum Gasteiger partial charge on any atom is 0.263 e. The molecule has 8 heteroatoms. The van der Waals surface area contributed by atoms with Crippen molar-refractivity contribution in [1.29, 1.82) is 0 Å². The van der Waals surface area contributed by atoms with Gasteiger partial charge in [-0.25, -0.2) is 8.42 Å². The Labute approximate surface area is 152 Å². The van der Waals surface area contributed by atoms with Gasteiger partial charge >= 0.3 is 0 Å². The van der Waals surface area contributed by atoms with Crippen LogP contribution in [-0.2, 0) is 14.8 Å². The highest BCUT2D eigenvalue weighted by molar-refractivity contribution is 7.92. The van der Waals surface area contributed by atoms with Crippen LogP contribution in [0, 0.1) is 11.8 Å². The van der Waals surface area contributed by atoms with Crippen molar-refractivity contribution in [3.05, 3.63) is 23.2 Å². The third-order valence-electron chi connectivity index (χ3n) is 5.55. The summed E-state index contributed by atoms with van der Waals surface area (Å²) in [6.07, 6.45) is 4.89. The van der Waals surface area contributed by atoms with Crippen molar-refractivity contribution in [2.24, 2.45) is 11.8 Å². The van der Waals surface area contributed by atoms with Gasteiger partial charge in [-0.2, -0.15) is 0 Å². The minimum Gasteiger partial charge on any atom is -0.476 e. The number of hydrogen-bond acceptors (Lipinski definition) is 4. The Hall–Kier alpha value is -1.47. The van der Waals surface area contributed by atoms with E-state index in [4.69, 9.17) is 16.3 Å². The number of nitrogens with zero attached hydrogens (tertiary/aromatic N) is 1. The summed E-state index contributed by atoms with van der Waals surface area (Å²) < 4.78 is 31.3. The van der Waals surface area contributed by atoms with Gasteiger partial charge in [-0.05, 0) is 49.3 Å². The summed E-state index contributed by atoms with van der Waals surface area (Å²) in [5.74, 6) is 1.38. The zero-order valence-corrected chi connectivity index (χ0v) is 15.5. The molecule has 4 unspecified atom stereocenters. The van der Waals surface area contributed by atoms with Gasteiger partial charge < -0.3 is 10.1 Å². The lowest BCUT2D eigenvalue weighted by atomic mass is 9.95. The van der Waals surface area contributed by atoms with E-state index in [0.29, 0.717) is 22.4 Å². The van der Waals surface area contributed by atoms with E-state index >= 15 is 0 Å². The minimum absolute atomic E-state index is 0.0428. The molecule has 2 bridgehead atoms. The first-order valence-corrected chi connectivity index (χ1v) is 10.8. The van der Waals surface area contributed by atoms with Crippen LogP contribution in [0.2, 0.25) is 5.02 Å². The summed E-state index contributed by atoms with van der Waals surface area (Å²) in [7, 11) is -3.54. The average Bonchev–Trinajstić information content (AvgIpc) is 3.15. The number of carbonyl (C=O) groups is 1. The molecule has 6 nitrogen and oxygen atoms in total. The maximum absolute atomic E-state index is 12.7. The van der Waals surface area contributed by atoms with Crippen LogP contribution in [0.15, 0.2) is 18.2 Å². The number of amides is 1. The van der Waals surface area contributed by atoms with Crippen LogP contribution in [-0.4, -0.2) is 39.3 Å². The largest absolute Gasteiger partial charge is 0.476 e. The van der Waals surface area contributed by atoms with Gasteiger partial charge in [0.2, 0.25) is 10.0 Å². The summed E-state index contributed by atoms with van der Waals surface area (Å²) in [6.45, 7) is -0.0428. The molecular weight excluding hydrogens is 364 g/mol. The minimum atomic E-state index is -3.54. The van der Waals surface area contributed by atoms with Gasteiger partial charge in [0.05, 0.1) is 18.5 Å². The van der Waals surface area contributed by atoms with Crippen molar-refractivity contribution in [3.63, 3.8) is 0 Å². The molecule has 0 saturated heterocycles. The Balaban J connectivity index is 1.55. The zero-order chi connectivity index (χ0) is 17.8. The summed E-state index contributed by atoms with van der Waals surface area (Å²) >= 11 is 5.98. The number of rotatable bonds is 3. The first-order valence-electron chi connectivity index (χ1n) is 8.55. The lowest BCUT2D eigenvalue weighted by Gasteiger charge is -2.35. The van der Waals surface area contributed by atoms with Crippen LogP contribution < -0.4 is 14.4 Å². The van der Waals surface area contributed by atoms with Crippen LogP contribution in [0.25, 0.3) is 0 Å². The van der Waals surface area contributed by atoms with Crippen molar-refractivity contribution < 1.29 is 17.9 Å². The van der Waals surface area contributed by atoms with E-state index < -0.39 is 16.1 Å². The molecule has 1 aliphatic heterocycles. The van der Waals surface area contributed by atoms with Gasteiger partial charge in [0, 0.05) is 11.1 Å². The molecule has 2 aliphatic carbocycles. The normalized spacial score (nSPS) is 30.7. The monoisotopic (exact) mass is 384 g/mol. The predicted octanol–water partition coefficient (Wildman–Crippen LogP) is 2.17. The zero-order valence-electron chi connectivity index (χ0n) is 13.9. The molecule has 4 rings (SSSR count). The van der Waals surface area contributed by atoms with Crippen molar-refractivity contribution in [2.45, 2.75) is 37.8 Å². The molecular formula is C17H21ClN2O4S. The first kappa shape index (κ1) is 17.0. The van der Waals surface area contributed by atoms with E-state index in [1.807, 2.05) is 0 Å². The van der Waals surface area contributed by atoms with Gasteiger partial charge in [-0.1, -0.05) is 18.0 Å². The molecule has 25 heavy (non-hydrogen) atoms. The molecule has 2 saturated carbocycles. The van der Waals surface area contributed by atoms with E-state index in [9.17, 15) is 13.2 Å². The number of sulfonamides is 1. The van der Waals surface area contributed by atoms with Crippen molar-refractivity contribution in [1.82, 2.24) is 5.32 Å². The van der Waals surface area contributed by atoms with Crippen LogP contribution in [0.5, 0.6) is 5.75 Å². The summed E-state index contributed by atoms with van der Waals surface area (Å²) in [5, 5.41) is 3.50. The quantitative estimate of drug-likeness (QED) is 0.866. The molecule has 3 aliphatic rings. The van der Waals surface area contributed by atoms with E-state index in [-0.39, 0.29) is 18.5 Å². The third-order valence-corrected chi connectivity index (χ3v) is 6.93. The second-order valence-electron chi connectivity index (χ2n) is 7.30. The lowest BCUT2D eigenvalue weighted by molar-refractivity contribution is -0.128. The van der Waals surface area contributed by atoms with Crippen LogP contribution in [0.3, 0.4) is 0 Å². The number of hydrogen-bond donors (Lipinski definition) is 1. The molecule has 2 fully saturated rings. The van der Waals surface area contributed by atoms with Gasteiger partial charge in [0.1, 0.15) is 5.75 Å². The van der Waals surface area contributed by atoms with E-state index in [0.717, 1.165) is 25.0 Å². The van der Waals surface area contributed by atoms with Gasteiger partial charge in [0.25, 0.3) is 5.91 Å². The molecule has 1 N–H and O–H groups in total. The van der Waals surface area contributed by atoms with Crippen molar-refractivity contribution >= 4 is 33.2 Å². The van der Waals surface area contributed by atoms with E-state index in [2.05, 4.69) is 5.32 Å². The molecule has 0 spiro atoms. The number of benzene rings is 1. The maximum atomic E-state index is 12.7. The molecule has 1 aromatic rings. The Morgan fingerprint density at radius 1 is 1.32 bits per heavy atom. The summed E-state index contributed by atoms with van der Waals surface area (Å²) in [4.78, 5) is 12.7. The highest BCUT2D eigenvalue weighted by Gasteiger charge is 2.42. The highest BCUT2D eigenvalue weighted by atomic mass is 35.5. The molecule has 1 heterocycles. The lowest BCUT2D eigenvalue weighted by Crippen LogP contribution is -2.53. The topological polar surface area (TPSA) is 75.7 Å². The number of fused-ring (bicyclic) bond motifs is 3. The van der Waals surface area contributed by atoms with E-state index in [1.165, 1.54) is 17.1 Å². The molecule has 4 atom stereocenters. The van der Waals surface area contributed by atoms with Crippen LogP contribution >= 0.6 is 11.6 Å². The smallest absolute Gasteiger partial charge is 0.263 e. The standard InChI is InChI=1S/C17H21ClN2O4S/c1-25(22,23)20-9-16(24-15-5-4-12(18)8-14(15)20)17(21)19-13-7-10-2-3-11(13)6-10/h4-5,8,10-11,13,16H,2-3,6-7,9H2,1H3,(H,19,21). The number of carbonyl (C=O) groups excluding carboxylic acids is 1. The number of anilines is 1. The molecule has 0 radical (unpaired) electrons. The van der Waals surface area contributed by atoms with Gasteiger partial charge in [-0.3, -0.25) is 9.10 Å². The van der Waals surface area contributed by atoms with Crippen LogP contribution in [0.1, 0.15) is 25.7 Å². The summed E-state index contributed by atoms with van der Waals surface area (Å²) in [6, 6.07) is 4.96.